The Balaban J connectivity index is 1.89. The first-order chi connectivity index (χ1) is 13.3. The zero-order chi connectivity index (χ0) is 20.1. The number of primary amides is 1. The van der Waals surface area contributed by atoms with Gasteiger partial charge < -0.3 is 24.8 Å². The molecule has 1 unspecified atom stereocenters. The molecule has 0 aliphatic carbocycles. The predicted octanol–water partition coefficient (Wildman–Crippen LogP) is 2.47. The second-order valence-corrected chi connectivity index (χ2v) is 6.94. The Hall–Kier alpha value is -2.94. The molecule has 4 rings (SSSR count). The Bertz CT molecular complexity index is 1060. The summed E-state index contributed by atoms with van der Waals surface area (Å²) in [5.41, 5.74) is 6.19. The van der Waals surface area contributed by atoms with Crippen LogP contribution in [-0.2, 0) is 13.7 Å². The number of carbonyl (C=O) groups excluding carboxylic acids is 1. The van der Waals surface area contributed by atoms with Crippen LogP contribution in [0.5, 0.6) is 5.75 Å². The number of benzene rings is 1. The van der Waals surface area contributed by atoms with Gasteiger partial charge in [-0.05, 0) is 19.1 Å². The number of furan rings is 1. The summed E-state index contributed by atoms with van der Waals surface area (Å²) in [6, 6.07) is 3.19. The van der Waals surface area contributed by atoms with Gasteiger partial charge in [0.25, 0.3) is 11.8 Å². The van der Waals surface area contributed by atoms with Crippen LogP contribution in [0.4, 0.5) is 8.78 Å². The van der Waals surface area contributed by atoms with Crippen LogP contribution in [0.3, 0.4) is 0 Å². The molecule has 28 heavy (non-hydrogen) atoms. The van der Waals surface area contributed by atoms with Crippen molar-refractivity contribution < 1.29 is 22.7 Å². The van der Waals surface area contributed by atoms with Crippen molar-refractivity contribution in [2.45, 2.75) is 25.4 Å². The molecule has 0 radical (unpaired) electrons. The standard InChI is InChI=1S/C19H20F2N4O3/c1-10-15(18(22)26)17-13(28-10)4-3-12(27-8-14-24-5-6-25(14)2)16(17)11-7-23-9-19(11,20)21/h3-6,11,23H,7-9H2,1-2H3,(H2,22,26). The Labute approximate surface area is 159 Å². The van der Waals surface area contributed by atoms with Gasteiger partial charge >= 0.3 is 0 Å². The van der Waals surface area contributed by atoms with E-state index < -0.39 is 24.3 Å². The van der Waals surface area contributed by atoms with Crippen LogP contribution in [0.2, 0.25) is 0 Å². The van der Waals surface area contributed by atoms with E-state index in [1.54, 1.807) is 36.0 Å². The van der Waals surface area contributed by atoms with Crippen LogP contribution in [0.1, 0.15) is 33.4 Å². The van der Waals surface area contributed by atoms with Gasteiger partial charge in [0.1, 0.15) is 29.5 Å². The number of alkyl halides is 2. The molecule has 1 aliphatic heterocycles. The van der Waals surface area contributed by atoms with Crippen molar-refractivity contribution in [2.24, 2.45) is 12.8 Å². The summed E-state index contributed by atoms with van der Waals surface area (Å²) in [4.78, 5) is 16.2. The number of hydrogen-bond acceptors (Lipinski definition) is 5. The van der Waals surface area contributed by atoms with Crippen molar-refractivity contribution >= 4 is 16.9 Å². The molecule has 1 atom stereocenters. The summed E-state index contributed by atoms with van der Waals surface area (Å²) in [5, 5.41) is 3.01. The molecule has 1 saturated heterocycles. The van der Waals surface area contributed by atoms with E-state index in [-0.39, 0.29) is 35.4 Å². The first-order valence-electron chi connectivity index (χ1n) is 8.83. The number of aromatic nitrogens is 2. The number of amides is 1. The third-order valence-electron chi connectivity index (χ3n) is 5.12. The van der Waals surface area contributed by atoms with E-state index in [1.807, 2.05) is 7.05 Å². The number of carbonyl (C=O) groups is 1. The van der Waals surface area contributed by atoms with Gasteiger partial charge in [0.2, 0.25) is 0 Å². The molecule has 7 nitrogen and oxygen atoms in total. The third kappa shape index (κ3) is 2.91. The van der Waals surface area contributed by atoms with E-state index in [2.05, 4.69) is 10.3 Å². The van der Waals surface area contributed by atoms with E-state index in [0.29, 0.717) is 17.2 Å². The summed E-state index contributed by atoms with van der Waals surface area (Å²) in [5.74, 6) is -3.72. The molecular weight excluding hydrogens is 370 g/mol. The van der Waals surface area contributed by atoms with E-state index in [4.69, 9.17) is 14.9 Å². The summed E-state index contributed by atoms with van der Waals surface area (Å²) in [6.45, 7) is 1.28. The van der Waals surface area contributed by atoms with Crippen molar-refractivity contribution in [3.05, 3.63) is 47.2 Å². The maximum absolute atomic E-state index is 14.6. The Kier molecular flexibility index (Phi) is 4.34. The lowest BCUT2D eigenvalue weighted by Crippen LogP contribution is -2.26. The van der Waals surface area contributed by atoms with Crippen molar-refractivity contribution in [2.75, 3.05) is 13.1 Å². The lowest BCUT2D eigenvalue weighted by molar-refractivity contribution is 0.00533. The van der Waals surface area contributed by atoms with Crippen molar-refractivity contribution in [3.8, 4) is 5.75 Å². The zero-order valence-electron chi connectivity index (χ0n) is 15.5. The molecular formula is C19H20F2N4O3. The van der Waals surface area contributed by atoms with Crippen LogP contribution in [0.25, 0.3) is 11.0 Å². The molecule has 1 aromatic carbocycles. The zero-order valence-corrected chi connectivity index (χ0v) is 15.5. The number of halogens is 2. The van der Waals surface area contributed by atoms with Crippen molar-refractivity contribution in [1.29, 1.82) is 0 Å². The van der Waals surface area contributed by atoms with E-state index in [1.165, 1.54) is 0 Å². The maximum Gasteiger partial charge on any atom is 0.268 e. The molecule has 3 heterocycles. The number of rotatable bonds is 5. The van der Waals surface area contributed by atoms with Gasteiger partial charge in [0, 0.05) is 36.9 Å². The molecule has 9 heteroatoms. The van der Waals surface area contributed by atoms with Gasteiger partial charge in [-0.25, -0.2) is 13.8 Å². The molecule has 0 bridgehead atoms. The van der Waals surface area contributed by atoms with Gasteiger partial charge in [-0.2, -0.15) is 0 Å². The Morgan fingerprint density at radius 3 is 2.89 bits per heavy atom. The SMILES string of the molecule is Cc1oc2ccc(OCc3nccn3C)c(C3CNCC3(F)F)c2c1C(N)=O. The van der Waals surface area contributed by atoms with Gasteiger partial charge in [-0.1, -0.05) is 0 Å². The van der Waals surface area contributed by atoms with Gasteiger partial charge in [-0.15, -0.1) is 0 Å². The number of ether oxygens (including phenoxy) is 1. The van der Waals surface area contributed by atoms with E-state index in [0.717, 1.165) is 0 Å². The van der Waals surface area contributed by atoms with Gasteiger partial charge in [0.15, 0.2) is 0 Å². The smallest absolute Gasteiger partial charge is 0.268 e. The molecule has 3 aromatic rings. The molecule has 1 amide bonds. The molecule has 1 fully saturated rings. The highest BCUT2D eigenvalue weighted by atomic mass is 19.3. The first-order valence-corrected chi connectivity index (χ1v) is 8.83. The number of nitrogens with two attached hydrogens (primary N) is 1. The van der Waals surface area contributed by atoms with Crippen LogP contribution < -0.4 is 15.8 Å². The fourth-order valence-electron chi connectivity index (χ4n) is 3.73. The second kappa shape index (κ2) is 6.59. The monoisotopic (exact) mass is 390 g/mol. The van der Waals surface area contributed by atoms with E-state index in [9.17, 15) is 13.6 Å². The average molecular weight is 390 g/mol. The summed E-state index contributed by atoms with van der Waals surface area (Å²) >= 11 is 0. The number of aryl methyl sites for hydroxylation is 2. The lowest BCUT2D eigenvalue weighted by atomic mass is 9.89. The average Bonchev–Trinajstić information content (AvgIpc) is 3.28. The molecule has 148 valence electrons. The molecule has 2 aromatic heterocycles. The fraction of sp³-hybridized carbons (Fsp3) is 0.368. The second-order valence-electron chi connectivity index (χ2n) is 6.94. The maximum atomic E-state index is 14.6. The summed E-state index contributed by atoms with van der Waals surface area (Å²) in [7, 11) is 1.81. The van der Waals surface area contributed by atoms with Gasteiger partial charge in [0.05, 0.1) is 18.0 Å². The highest BCUT2D eigenvalue weighted by Gasteiger charge is 2.47. The Morgan fingerprint density at radius 1 is 1.50 bits per heavy atom. The number of hydrogen-bond donors (Lipinski definition) is 2. The molecule has 3 N–H and O–H groups in total. The minimum absolute atomic E-state index is 0.0489. The number of imidazole rings is 1. The van der Waals surface area contributed by atoms with Crippen LogP contribution in [-0.4, -0.2) is 34.5 Å². The summed E-state index contributed by atoms with van der Waals surface area (Å²) in [6.07, 6.45) is 3.39. The largest absolute Gasteiger partial charge is 0.485 e. The van der Waals surface area contributed by atoms with E-state index >= 15 is 0 Å². The predicted molar refractivity (Wildman–Crippen MR) is 97.6 cm³/mol. The topological polar surface area (TPSA) is 95.3 Å². The third-order valence-corrected chi connectivity index (χ3v) is 5.12. The first kappa shape index (κ1) is 18.4. The molecule has 0 saturated carbocycles. The fourth-order valence-corrected chi connectivity index (χ4v) is 3.73. The highest BCUT2D eigenvalue weighted by Crippen LogP contribution is 2.46. The Morgan fingerprint density at radius 2 is 2.29 bits per heavy atom. The minimum Gasteiger partial charge on any atom is -0.485 e. The molecule has 0 spiro atoms. The van der Waals surface area contributed by atoms with Crippen LogP contribution in [0, 0.1) is 6.92 Å². The lowest BCUT2D eigenvalue weighted by Gasteiger charge is -2.22. The van der Waals surface area contributed by atoms with Crippen molar-refractivity contribution in [3.63, 3.8) is 0 Å². The minimum atomic E-state index is -3.00. The normalized spacial score (nSPS) is 18.6. The highest BCUT2D eigenvalue weighted by molar-refractivity contribution is 6.08. The quantitative estimate of drug-likeness (QED) is 0.698. The summed E-state index contributed by atoms with van der Waals surface area (Å²) < 4.78 is 42.6. The number of nitrogens with one attached hydrogen (secondary N) is 1. The van der Waals surface area contributed by atoms with Crippen LogP contribution in [0.15, 0.2) is 28.9 Å². The van der Waals surface area contributed by atoms with Gasteiger partial charge in [-0.3, -0.25) is 4.79 Å². The van der Waals surface area contributed by atoms with Crippen LogP contribution >= 0.6 is 0 Å². The van der Waals surface area contributed by atoms with Crippen molar-refractivity contribution in [1.82, 2.24) is 14.9 Å². The molecule has 1 aliphatic rings. The number of nitrogens with zero attached hydrogens (tertiary/aromatic N) is 2. The number of fused-ring (bicyclic) bond motifs is 1.